The molecule has 1 heterocycles. The Morgan fingerprint density at radius 2 is 1.58 bits per heavy atom. The van der Waals surface area contributed by atoms with Gasteiger partial charge in [0.1, 0.15) is 6.54 Å². The number of hydrogen-bond acceptors (Lipinski definition) is 3. The summed E-state index contributed by atoms with van der Waals surface area (Å²) in [6, 6.07) is 10.9. The average Bonchev–Trinajstić information content (AvgIpc) is 2.53. The van der Waals surface area contributed by atoms with E-state index < -0.39 is 0 Å². The number of carbonyl (C=O) groups is 1. The van der Waals surface area contributed by atoms with E-state index in [4.69, 9.17) is 0 Å². The van der Waals surface area contributed by atoms with Crippen LogP contribution in [0.1, 0.15) is 25.2 Å². The van der Waals surface area contributed by atoms with E-state index in [1.807, 2.05) is 42.7 Å². The summed E-state index contributed by atoms with van der Waals surface area (Å²) in [5.74, 6) is -0.111. The Morgan fingerprint density at radius 1 is 1.04 bits per heavy atom. The Balaban J connectivity index is 2.06. The summed E-state index contributed by atoms with van der Waals surface area (Å²) in [4.78, 5) is 26.0. The summed E-state index contributed by atoms with van der Waals surface area (Å²) >= 11 is 0. The van der Waals surface area contributed by atoms with Crippen molar-refractivity contribution in [2.45, 2.75) is 34.2 Å². The van der Waals surface area contributed by atoms with Crippen molar-refractivity contribution in [2.75, 3.05) is 23.3 Å². The molecule has 2 aromatic rings. The van der Waals surface area contributed by atoms with Gasteiger partial charge < -0.3 is 14.8 Å². The highest BCUT2D eigenvalue weighted by molar-refractivity contribution is 5.90. The molecule has 128 valence electrons. The van der Waals surface area contributed by atoms with Crippen LogP contribution >= 0.6 is 0 Å². The van der Waals surface area contributed by atoms with Gasteiger partial charge in [-0.25, -0.2) is 0 Å². The molecule has 1 N–H and O–H groups in total. The fraction of sp³-hybridized carbons (Fsp3) is 0.368. The third-order valence-corrected chi connectivity index (χ3v) is 4.14. The van der Waals surface area contributed by atoms with Crippen molar-refractivity contribution >= 4 is 17.3 Å². The van der Waals surface area contributed by atoms with Crippen LogP contribution in [0.15, 0.2) is 41.2 Å². The molecule has 0 fully saturated rings. The first-order chi connectivity index (χ1) is 11.4. The van der Waals surface area contributed by atoms with Crippen molar-refractivity contribution in [2.24, 2.45) is 0 Å². The zero-order chi connectivity index (χ0) is 17.7. The summed E-state index contributed by atoms with van der Waals surface area (Å²) in [6.07, 6.45) is 0. The van der Waals surface area contributed by atoms with Crippen molar-refractivity contribution in [1.29, 1.82) is 0 Å². The maximum absolute atomic E-state index is 12.3. The highest BCUT2D eigenvalue weighted by Crippen LogP contribution is 2.17. The quantitative estimate of drug-likeness (QED) is 0.887. The molecule has 0 saturated carbocycles. The lowest BCUT2D eigenvalue weighted by Gasteiger charge is -2.21. The highest BCUT2D eigenvalue weighted by atomic mass is 16.2. The summed E-state index contributed by atoms with van der Waals surface area (Å²) < 4.78 is 1.83. The van der Waals surface area contributed by atoms with E-state index >= 15 is 0 Å². The lowest BCUT2D eigenvalue weighted by Crippen LogP contribution is -2.23. The zero-order valence-corrected chi connectivity index (χ0v) is 14.8. The lowest BCUT2D eigenvalue weighted by atomic mass is 10.2. The number of anilines is 2. The molecular weight excluding hydrogens is 302 g/mol. The molecule has 2 rings (SSSR count). The molecule has 0 radical (unpaired) electrons. The van der Waals surface area contributed by atoms with Gasteiger partial charge in [-0.2, -0.15) is 0 Å². The van der Waals surface area contributed by atoms with Crippen LogP contribution < -0.4 is 15.6 Å². The number of rotatable bonds is 6. The van der Waals surface area contributed by atoms with E-state index in [0.717, 1.165) is 35.9 Å². The summed E-state index contributed by atoms with van der Waals surface area (Å²) in [5.41, 5.74) is 3.45. The van der Waals surface area contributed by atoms with Crippen LogP contribution in [-0.4, -0.2) is 23.6 Å². The van der Waals surface area contributed by atoms with Crippen LogP contribution in [0.5, 0.6) is 0 Å². The van der Waals surface area contributed by atoms with Crippen LogP contribution in [0.25, 0.3) is 0 Å². The number of carbonyl (C=O) groups excluding carboxylic acids is 1. The van der Waals surface area contributed by atoms with Crippen molar-refractivity contribution in [3.05, 3.63) is 58.0 Å². The van der Waals surface area contributed by atoms with Gasteiger partial charge in [0.05, 0.1) is 0 Å². The Morgan fingerprint density at radius 3 is 2.08 bits per heavy atom. The fourth-order valence-electron chi connectivity index (χ4n) is 2.83. The van der Waals surface area contributed by atoms with Crippen LogP contribution in [-0.2, 0) is 11.3 Å². The van der Waals surface area contributed by atoms with Crippen LogP contribution in [0.4, 0.5) is 11.4 Å². The molecule has 1 aromatic heterocycles. The predicted molar refractivity (Wildman–Crippen MR) is 98.8 cm³/mol. The molecule has 0 spiro atoms. The van der Waals surface area contributed by atoms with Gasteiger partial charge in [0.25, 0.3) is 0 Å². The largest absolute Gasteiger partial charge is 0.372 e. The number of pyridine rings is 1. The molecule has 5 nitrogen and oxygen atoms in total. The minimum absolute atomic E-state index is 0.0337. The van der Waals surface area contributed by atoms with Crippen LogP contribution in [0.2, 0.25) is 0 Å². The van der Waals surface area contributed by atoms with Crippen LogP contribution in [0.3, 0.4) is 0 Å². The fourth-order valence-corrected chi connectivity index (χ4v) is 2.83. The second-order valence-electron chi connectivity index (χ2n) is 5.83. The van der Waals surface area contributed by atoms with Crippen molar-refractivity contribution < 1.29 is 4.79 Å². The van der Waals surface area contributed by atoms with Crippen molar-refractivity contribution in [1.82, 2.24) is 4.57 Å². The SMILES string of the molecule is CCN(CC)c1ccc(NC(=O)Cn2c(C)cc(=O)cc2C)cc1. The second-order valence-corrected chi connectivity index (χ2v) is 5.83. The molecule has 5 heteroatoms. The first-order valence-electron chi connectivity index (χ1n) is 8.27. The average molecular weight is 327 g/mol. The topological polar surface area (TPSA) is 54.3 Å². The van der Waals surface area contributed by atoms with Gasteiger partial charge in [-0.3, -0.25) is 9.59 Å². The van der Waals surface area contributed by atoms with Gasteiger partial charge in [0, 0.05) is 48.0 Å². The van der Waals surface area contributed by atoms with Gasteiger partial charge in [0.2, 0.25) is 5.91 Å². The number of amides is 1. The summed E-state index contributed by atoms with van der Waals surface area (Å²) in [6.45, 7) is 10.00. The Hall–Kier alpha value is -2.56. The first-order valence-corrected chi connectivity index (χ1v) is 8.27. The van der Waals surface area contributed by atoms with Crippen molar-refractivity contribution in [3.63, 3.8) is 0 Å². The molecule has 0 aliphatic carbocycles. The van der Waals surface area contributed by atoms with Crippen molar-refractivity contribution in [3.8, 4) is 0 Å². The predicted octanol–water partition coefficient (Wildman–Crippen LogP) is 2.95. The summed E-state index contributed by atoms with van der Waals surface area (Å²) in [5, 5.41) is 2.91. The van der Waals surface area contributed by atoms with Gasteiger partial charge in [-0.1, -0.05) is 0 Å². The number of nitrogens with one attached hydrogen (secondary N) is 1. The molecule has 1 aromatic carbocycles. The molecule has 0 unspecified atom stereocenters. The maximum Gasteiger partial charge on any atom is 0.244 e. The minimum Gasteiger partial charge on any atom is -0.372 e. The molecule has 1 amide bonds. The van der Waals surface area contributed by atoms with Gasteiger partial charge >= 0.3 is 0 Å². The second kappa shape index (κ2) is 7.81. The number of nitrogens with zero attached hydrogens (tertiary/aromatic N) is 2. The molecule has 0 bridgehead atoms. The van der Waals surface area contributed by atoms with Gasteiger partial charge in [0.15, 0.2) is 5.43 Å². The van der Waals surface area contributed by atoms with E-state index in [-0.39, 0.29) is 17.9 Å². The lowest BCUT2D eigenvalue weighted by molar-refractivity contribution is -0.116. The molecule has 0 aliphatic heterocycles. The third kappa shape index (κ3) is 4.25. The number of hydrogen-bond donors (Lipinski definition) is 1. The number of aryl methyl sites for hydroxylation is 2. The maximum atomic E-state index is 12.3. The molecular formula is C19H25N3O2. The Labute approximate surface area is 142 Å². The standard InChI is InChI=1S/C19H25N3O2/c1-5-21(6-2)17-9-7-16(8-10-17)20-19(24)13-22-14(3)11-18(23)12-15(22)4/h7-12H,5-6,13H2,1-4H3,(H,20,24). The van der Waals surface area contributed by atoms with E-state index in [2.05, 4.69) is 24.1 Å². The van der Waals surface area contributed by atoms with E-state index in [1.54, 1.807) is 12.1 Å². The normalized spacial score (nSPS) is 10.5. The molecule has 24 heavy (non-hydrogen) atoms. The Kier molecular flexibility index (Phi) is 5.79. The highest BCUT2D eigenvalue weighted by Gasteiger charge is 2.08. The van der Waals surface area contributed by atoms with E-state index in [1.165, 1.54) is 0 Å². The van der Waals surface area contributed by atoms with Gasteiger partial charge in [-0.05, 0) is 52.0 Å². The van der Waals surface area contributed by atoms with E-state index in [9.17, 15) is 9.59 Å². The molecule has 0 saturated heterocycles. The Bertz CT molecular complexity index is 733. The third-order valence-electron chi connectivity index (χ3n) is 4.14. The number of benzene rings is 1. The smallest absolute Gasteiger partial charge is 0.244 e. The monoisotopic (exact) mass is 327 g/mol. The number of aromatic nitrogens is 1. The summed E-state index contributed by atoms with van der Waals surface area (Å²) in [7, 11) is 0. The zero-order valence-electron chi connectivity index (χ0n) is 14.8. The minimum atomic E-state index is -0.111. The molecule has 0 atom stereocenters. The first kappa shape index (κ1) is 17.8. The molecule has 0 aliphatic rings. The van der Waals surface area contributed by atoms with Gasteiger partial charge in [-0.15, -0.1) is 0 Å². The van der Waals surface area contributed by atoms with Crippen LogP contribution in [0, 0.1) is 13.8 Å². The van der Waals surface area contributed by atoms with E-state index in [0.29, 0.717) is 0 Å².